The fourth-order valence-corrected chi connectivity index (χ4v) is 6.56. The molecular formula is C24H26ClN3O4S2. The maximum atomic E-state index is 13.2. The number of hydrogen-bond donors (Lipinski definition) is 1. The number of thiazole rings is 1. The van der Waals surface area contributed by atoms with E-state index in [0.717, 1.165) is 18.5 Å². The van der Waals surface area contributed by atoms with E-state index in [1.54, 1.807) is 5.38 Å². The van der Waals surface area contributed by atoms with Gasteiger partial charge in [0.2, 0.25) is 10.0 Å². The normalized spacial score (nSPS) is 16.9. The average molecular weight is 520 g/mol. The molecule has 0 bridgehead atoms. The van der Waals surface area contributed by atoms with E-state index in [-0.39, 0.29) is 28.0 Å². The standard InChI is InChI=1S/C24H26ClN3O4S2/c1-16-5-8-19(9-6-16)26-24-27-20(15-33-24)14-32-23(29)18-7-10-21(25)22(12-18)34(30,31)28-11-3-4-17(2)13-28/h5-10,12,15,17H,3-4,11,13-14H2,1-2H3,(H,26,27)/t17-/m0/s1. The molecule has 1 N–H and O–H groups in total. The summed E-state index contributed by atoms with van der Waals surface area (Å²) in [6, 6.07) is 12.1. The van der Waals surface area contributed by atoms with E-state index in [4.69, 9.17) is 16.3 Å². The van der Waals surface area contributed by atoms with Crippen molar-refractivity contribution < 1.29 is 17.9 Å². The van der Waals surface area contributed by atoms with Crippen LogP contribution in [0.15, 0.2) is 52.7 Å². The molecule has 34 heavy (non-hydrogen) atoms. The van der Waals surface area contributed by atoms with E-state index in [1.807, 2.05) is 38.1 Å². The lowest BCUT2D eigenvalue weighted by atomic mass is 10.0. The average Bonchev–Trinajstić information content (AvgIpc) is 3.26. The summed E-state index contributed by atoms with van der Waals surface area (Å²) in [6.07, 6.45) is 1.79. The molecule has 7 nitrogen and oxygen atoms in total. The molecule has 0 unspecified atom stereocenters. The molecule has 0 radical (unpaired) electrons. The monoisotopic (exact) mass is 519 g/mol. The highest BCUT2D eigenvalue weighted by molar-refractivity contribution is 7.89. The molecule has 1 fully saturated rings. The number of aromatic nitrogens is 1. The number of aryl methyl sites for hydroxylation is 1. The van der Waals surface area contributed by atoms with Crippen LogP contribution in [0.2, 0.25) is 5.02 Å². The quantitative estimate of drug-likeness (QED) is 0.407. The Hall–Kier alpha value is -2.46. The maximum Gasteiger partial charge on any atom is 0.338 e. The van der Waals surface area contributed by atoms with Crippen LogP contribution in [0.5, 0.6) is 0 Å². The maximum absolute atomic E-state index is 13.2. The van der Waals surface area contributed by atoms with Gasteiger partial charge in [0.1, 0.15) is 11.5 Å². The highest BCUT2D eigenvalue weighted by atomic mass is 35.5. The third-order valence-electron chi connectivity index (χ3n) is 5.61. The first-order valence-electron chi connectivity index (χ1n) is 11.0. The van der Waals surface area contributed by atoms with Gasteiger partial charge in [-0.05, 0) is 56.0 Å². The molecule has 10 heteroatoms. The zero-order valence-electron chi connectivity index (χ0n) is 19.0. The molecule has 0 aliphatic carbocycles. The predicted molar refractivity (Wildman–Crippen MR) is 134 cm³/mol. The molecule has 0 amide bonds. The lowest BCUT2D eigenvalue weighted by Crippen LogP contribution is -2.39. The van der Waals surface area contributed by atoms with Crippen molar-refractivity contribution in [2.45, 2.75) is 38.2 Å². The van der Waals surface area contributed by atoms with Gasteiger partial charge in [0, 0.05) is 24.2 Å². The Morgan fingerprint density at radius 2 is 2.03 bits per heavy atom. The van der Waals surface area contributed by atoms with E-state index >= 15 is 0 Å². The van der Waals surface area contributed by atoms with Crippen molar-refractivity contribution in [2.75, 3.05) is 18.4 Å². The van der Waals surface area contributed by atoms with Crippen molar-refractivity contribution in [1.82, 2.24) is 9.29 Å². The lowest BCUT2D eigenvalue weighted by molar-refractivity contribution is 0.0468. The summed E-state index contributed by atoms with van der Waals surface area (Å²) < 4.78 is 33.1. The molecular weight excluding hydrogens is 494 g/mol. The summed E-state index contributed by atoms with van der Waals surface area (Å²) in [7, 11) is -3.80. The topological polar surface area (TPSA) is 88.6 Å². The minimum atomic E-state index is -3.80. The molecule has 0 spiro atoms. The molecule has 1 saturated heterocycles. The Kier molecular flexibility index (Phi) is 7.57. The van der Waals surface area contributed by atoms with Crippen LogP contribution in [0.4, 0.5) is 10.8 Å². The zero-order chi connectivity index (χ0) is 24.3. The summed E-state index contributed by atoms with van der Waals surface area (Å²) >= 11 is 7.62. The van der Waals surface area contributed by atoms with Gasteiger partial charge in [-0.3, -0.25) is 0 Å². The summed E-state index contributed by atoms with van der Waals surface area (Å²) in [5.41, 5.74) is 2.81. The van der Waals surface area contributed by atoms with Crippen molar-refractivity contribution >= 4 is 49.7 Å². The first kappa shape index (κ1) is 24.7. The summed E-state index contributed by atoms with van der Waals surface area (Å²) in [6.45, 7) is 4.90. The number of esters is 1. The Morgan fingerprint density at radius 1 is 1.26 bits per heavy atom. The highest BCUT2D eigenvalue weighted by Crippen LogP contribution is 2.29. The largest absolute Gasteiger partial charge is 0.456 e. The Balaban J connectivity index is 1.42. The van der Waals surface area contributed by atoms with Crippen LogP contribution in [0, 0.1) is 12.8 Å². The lowest BCUT2D eigenvalue weighted by Gasteiger charge is -2.30. The number of halogens is 1. The minimum absolute atomic E-state index is 0.0285. The number of hydrogen-bond acceptors (Lipinski definition) is 7. The Labute approximate surface area is 208 Å². The molecule has 1 aliphatic rings. The SMILES string of the molecule is Cc1ccc(Nc2nc(COC(=O)c3ccc(Cl)c(S(=O)(=O)N4CCC[C@H](C)C4)c3)cs2)cc1. The van der Waals surface area contributed by atoms with Crippen LogP contribution >= 0.6 is 22.9 Å². The van der Waals surface area contributed by atoms with Gasteiger partial charge in [-0.2, -0.15) is 4.31 Å². The molecule has 2 aromatic carbocycles. The smallest absolute Gasteiger partial charge is 0.338 e. The molecule has 1 aliphatic heterocycles. The summed E-state index contributed by atoms with van der Waals surface area (Å²) in [5, 5.41) is 5.79. The minimum Gasteiger partial charge on any atom is -0.456 e. The number of benzene rings is 2. The van der Waals surface area contributed by atoms with E-state index in [2.05, 4.69) is 10.3 Å². The molecule has 1 aromatic heterocycles. The van der Waals surface area contributed by atoms with E-state index < -0.39 is 16.0 Å². The molecule has 0 saturated carbocycles. The molecule has 180 valence electrons. The second kappa shape index (κ2) is 10.4. The number of nitrogens with zero attached hydrogens (tertiary/aromatic N) is 2. The van der Waals surface area contributed by atoms with Crippen molar-refractivity contribution in [2.24, 2.45) is 5.92 Å². The van der Waals surface area contributed by atoms with Gasteiger partial charge in [0.15, 0.2) is 5.13 Å². The van der Waals surface area contributed by atoms with Crippen LogP contribution in [-0.4, -0.2) is 36.8 Å². The Morgan fingerprint density at radius 3 is 2.76 bits per heavy atom. The summed E-state index contributed by atoms with van der Waals surface area (Å²) in [5.74, 6) is -0.361. The van der Waals surface area contributed by atoms with Gasteiger partial charge in [-0.1, -0.05) is 36.2 Å². The van der Waals surface area contributed by atoms with E-state index in [0.29, 0.717) is 23.9 Å². The van der Waals surface area contributed by atoms with E-state index in [1.165, 1.54) is 39.4 Å². The fourth-order valence-electron chi connectivity index (χ4n) is 3.75. The van der Waals surface area contributed by atoms with Crippen LogP contribution < -0.4 is 5.32 Å². The fraction of sp³-hybridized carbons (Fsp3) is 0.333. The van der Waals surface area contributed by atoms with Crippen molar-refractivity contribution in [1.29, 1.82) is 0 Å². The second-order valence-electron chi connectivity index (χ2n) is 8.47. The highest BCUT2D eigenvalue weighted by Gasteiger charge is 2.31. The molecule has 3 aromatic rings. The number of anilines is 2. The van der Waals surface area contributed by atoms with Crippen molar-refractivity contribution in [3.05, 3.63) is 69.7 Å². The third kappa shape index (κ3) is 5.78. The first-order chi connectivity index (χ1) is 16.2. The van der Waals surface area contributed by atoms with Crippen LogP contribution in [0.3, 0.4) is 0 Å². The van der Waals surface area contributed by atoms with Crippen LogP contribution in [-0.2, 0) is 21.4 Å². The van der Waals surface area contributed by atoms with Crippen LogP contribution in [0.25, 0.3) is 0 Å². The number of sulfonamides is 1. The van der Waals surface area contributed by atoms with Crippen LogP contribution in [0.1, 0.15) is 41.4 Å². The number of carbonyl (C=O) groups excluding carboxylic acids is 1. The van der Waals surface area contributed by atoms with Crippen molar-refractivity contribution in [3.8, 4) is 0 Å². The number of piperidine rings is 1. The summed E-state index contributed by atoms with van der Waals surface area (Å²) in [4.78, 5) is 17.0. The molecule has 1 atom stereocenters. The van der Waals surface area contributed by atoms with Gasteiger partial charge in [-0.25, -0.2) is 18.2 Å². The first-order valence-corrected chi connectivity index (χ1v) is 13.7. The predicted octanol–water partition coefficient (Wildman–Crippen LogP) is 5.63. The third-order valence-corrected chi connectivity index (χ3v) is 8.76. The zero-order valence-corrected chi connectivity index (χ0v) is 21.3. The second-order valence-corrected chi connectivity index (χ2v) is 11.6. The number of rotatable bonds is 7. The Bertz CT molecular complexity index is 1280. The number of carbonyl (C=O) groups is 1. The van der Waals surface area contributed by atoms with E-state index in [9.17, 15) is 13.2 Å². The van der Waals surface area contributed by atoms with Gasteiger partial charge < -0.3 is 10.1 Å². The molecule has 4 rings (SSSR count). The number of ether oxygens (including phenoxy) is 1. The van der Waals surface area contributed by atoms with Gasteiger partial charge in [-0.15, -0.1) is 11.3 Å². The van der Waals surface area contributed by atoms with Gasteiger partial charge in [0.25, 0.3) is 0 Å². The molecule has 2 heterocycles. The van der Waals surface area contributed by atoms with Crippen molar-refractivity contribution in [3.63, 3.8) is 0 Å². The van der Waals surface area contributed by atoms with Gasteiger partial charge >= 0.3 is 5.97 Å². The van der Waals surface area contributed by atoms with Gasteiger partial charge in [0.05, 0.1) is 16.3 Å². The number of nitrogens with one attached hydrogen (secondary N) is 1.